The molecule has 0 saturated heterocycles. The second kappa shape index (κ2) is 8.44. The van der Waals surface area contributed by atoms with Gasteiger partial charge in [-0.1, -0.05) is 26.0 Å². The molecule has 3 heteroatoms. The van der Waals surface area contributed by atoms with E-state index in [-0.39, 0.29) is 0 Å². The quantitative estimate of drug-likeness (QED) is 0.733. The molecule has 0 radical (unpaired) electrons. The van der Waals surface area contributed by atoms with E-state index in [0.717, 1.165) is 19.4 Å². The van der Waals surface area contributed by atoms with E-state index in [0.29, 0.717) is 6.04 Å². The van der Waals surface area contributed by atoms with Crippen LogP contribution in [0.25, 0.3) is 0 Å². The van der Waals surface area contributed by atoms with Crippen molar-refractivity contribution in [2.45, 2.75) is 32.7 Å². The van der Waals surface area contributed by atoms with Gasteiger partial charge in [-0.25, -0.2) is 0 Å². The average molecular weight is 266 g/mol. The Morgan fingerprint density at radius 2 is 1.89 bits per heavy atom. The number of hydrogen-bond donors (Lipinski definition) is 1. The number of thioether (sulfide) groups is 1. The summed E-state index contributed by atoms with van der Waals surface area (Å²) in [5.74, 6) is 2.38. The summed E-state index contributed by atoms with van der Waals surface area (Å²) < 4.78 is 0. The lowest BCUT2D eigenvalue weighted by Crippen LogP contribution is -2.38. The van der Waals surface area contributed by atoms with Gasteiger partial charge in [-0.15, -0.1) is 0 Å². The third kappa shape index (κ3) is 4.54. The van der Waals surface area contributed by atoms with Crippen molar-refractivity contribution in [2.24, 2.45) is 5.73 Å². The highest BCUT2D eigenvalue weighted by atomic mass is 32.2. The van der Waals surface area contributed by atoms with E-state index < -0.39 is 0 Å². The summed E-state index contributed by atoms with van der Waals surface area (Å²) in [6.45, 7) is 5.11. The van der Waals surface area contributed by atoms with E-state index in [1.54, 1.807) is 0 Å². The van der Waals surface area contributed by atoms with Crippen LogP contribution in [0.3, 0.4) is 0 Å². The van der Waals surface area contributed by atoms with Crippen molar-refractivity contribution in [2.75, 3.05) is 30.0 Å². The summed E-state index contributed by atoms with van der Waals surface area (Å²) in [6, 6.07) is 9.26. The van der Waals surface area contributed by atoms with Crippen molar-refractivity contribution in [3.05, 3.63) is 29.8 Å². The van der Waals surface area contributed by atoms with Gasteiger partial charge in [0, 0.05) is 25.3 Å². The predicted octanol–water partition coefficient (Wildman–Crippen LogP) is 3.16. The van der Waals surface area contributed by atoms with Gasteiger partial charge in [0.05, 0.1) is 0 Å². The molecule has 0 aliphatic heterocycles. The molecule has 0 fully saturated rings. The molecule has 0 aromatic heterocycles. The van der Waals surface area contributed by atoms with Gasteiger partial charge >= 0.3 is 0 Å². The van der Waals surface area contributed by atoms with Gasteiger partial charge < -0.3 is 10.6 Å². The van der Waals surface area contributed by atoms with E-state index in [1.807, 2.05) is 11.8 Å². The van der Waals surface area contributed by atoms with Crippen molar-refractivity contribution < 1.29 is 0 Å². The Balaban J connectivity index is 2.60. The molecule has 102 valence electrons. The minimum atomic E-state index is 0.441. The molecule has 1 aromatic carbocycles. The van der Waals surface area contributed by atoms with Crippen LogP contribution in [0.1, 0.15) is 25.8 Å². The van der Waals surface area contributed by atoms with Crippen LogP contribution in [0.5, 0.6) is 0 Å². The molecule has 0 aliphatic rings. The van der Waals surface area contributed by atoms with E-state index in [9.17, 15) is 0 Å². The highest BCUT2D eigenvalue weighted by Gasteiger charge is 2.13. The Hall–Kier alpha value is -0.670. The molecule has 0 saturated carbocycles. The third-order valence-electron chi connectivity index (χ3n) is 3.37. The van der Waals surface area contributed by atoms with E-state index in [4.69, 9.17) is 5.73 Å². The van der Waals surface area contributed by atoms with Crippen LogP contribution in [-0.2, 0) is 6.42 Å². The SMILES string of the molecule is CCSCCC(CN)N(C)c1ccc(CC)cc1. The first-order valence-corrected chi connectivity index (χ1v) is 7.97. The van der Waals surface area contributed by atoms with Crippen LogP contribution in [0.4, 0.5) is 5.69 Å². The maximum atomic E-state index is 5.90. The van der Waals surface area contributed by atoms with Crippen LogP contribution >= 0.6 is 11.8 Å². The number of nitrogens with zero attached hydrogens (tertiary/aromatic N) is 1. The van der Waals surface area contributed by atoms with Crippen LogP contribution in [0, 0.1) is 0 Å². The van der Waals surface area contributed by atoms with E-state index in [1.165, 1.54) is 22.8 Å². The minimum absolute atomic E-state index is 0.441. The number of hydrogen-bond acceptors (Lipinski definition) is 3. The highest BCUT2D eigenvalue weighted by molar-refractivity contribution is 7.99. The Morgan fingerprint density at radius 3 is 2.39 bits per heavy atom. The molecule has 0 aliphatic carbocycles. The second-order valence-corrected chi connectivity index (χ2v) is 5.90. The molecular weight excluding hydrogens is 240 g/mol. The number of benzene rings is 1. The summed E-state index contributed by atoms with van der Waals surface area (Å²) >= 11 is 1.99. The molecule has 0 heterocycles. The molecule has 0 spiro atoms. The van der Waals surface area contributed by atoms with Crippen LogP contribution in [-0.4, -0.2) is 31.1 Å². The zero-order valence-corrected chi connectivity index (χ0v) is 12.7. The summed E-state index contributed by atoms with van der Waals surface area (Å²) in [4.78, 5) is 2.32. The van der Waals surface area contributed by atoms with Crippen LogP contribution in [0.2, 0.25) is 0 Å². The molecule has 1 aromatic rings. The second-order valence-electron chi connectivity index (χ2n) is 4.51. The summed E-state index contributed by atoms with van der Waals surface area (Å²) in [5, 5.41) is 0. The zero-order chi connectivity index (χ0) is 13.4. The lowest BCUT2D eigenvalue weighted by atomic mass is 10.1. The van der Waals surface area contributed by atoms with Gasteiger partial charge in [0.15, 0.2) is 0 Å². The third-order valence-corrected chi connectivity index (χ3v) is 4.30. The van der Waals surface area contributed by atoms with Gasteiger partial charge in [-0.3, -0.25) is 0 Å². The Morgan fingerprint density at radius 1 is 1.22 bits per heavy atom. The summed E-state index contributed by atoms with van der Waals surface area (Å²) in [6.07, 6.45) is 2.25. The zero-order valence-electron chi connectivity index (χ0n) is 11.9. The number of rotatable bonds is 8. The lowest BCUT2D eigenvalue weighted by Gasteiger charge is -2.29. The van der Waals surface area contributed by atoms with E-state index in [2.05, 4.69) is 50.1 Å². The van der Waals surface area contributed by atoms with Crippen molar-refractivity contribution >= 4 is 17.4 Å². The van der Waals surface area contributed by atoms with Gasteiger partial charge in [0.2, 0.25) is 0 Å². The monoisotopic (exact) mass is 266 g/mol. The molecule has 1 atom stereocenters. The smallest absolute Gasteiger partial charge is 0.0416 e. The van der Waals surface area contributed by atoms with Gasteiger partial charge in [-0.2, -0.15) is 11.8 Å². The lowest BCUT2D eigenvalue weighted by molar-refractivity contribution is 0.623. The minimum Gasteiger partial charge on any atom is -0.370 e. The highest BCUT2D eigenvalue weighted by Crippen LogP contribution is 2.18. The molecule has 2 nitrogen and oxygen atoms in total. The fourth-order valence-electron chi connectivity index (χ4n) is 2.01. The molecule has 18 heavy (non-hydrogen) atoms. The first-order valence-electron chi connectivity index (χ1n) is 6.82. The van der Waals surface area contributed by atoms with Crippen molar-refractivity contribution in [3.8, 4) is 0 Å². The van der Waals surface area contributed by atoms with Crippen molar-refractivity contribution in [3.63, 3.8) is 0 Å². The Labute approximate surface area is 116 Å². The van der Waals surface area contributed by atoms with Crippen molar-refractivity contribution in [1.82, 2.24) is 0 Å². The molecule has 2 N–H and O–H groups in total. The summed E-state index contributed by atoms with van der Waals surface area (Å²) in [7, 11) is 2.15. The number of likely N-dealkylation sites (N-methyl/N-ethyl adjacent to an activating group) is 1. The molecule has 0 bridgehead atoms. The maximum absolute atomic E-state index is 5.90. The fourth-order valence-corrected chi connectivity index (χ4v) is 2.74. The molecule has 1 rings (SSSR count). The van der Waals surface area contributed by atoms with Gasteiger partial charge in [-0.05, 0) is 42.0 Å². The van der Waals surface area contributed by atoms with Crippen LogP contribution < -0.4 is 10.6 Å². The number of anilines is 1. The van der Waals surface area contributed by atoms with Gasteiger partial charge in [0.25, 0.3) is 0 Å². The first-order chi connectivity index (χ1) is 8.72. The molecular formula is C15H26N2S. The maximum Gasteiger partial charge on any atom is 0.0416 e. The molecule has 1 unspecified atom stereocenters. The fraction of sp³-hybridized carbons (Fsp3) is 0.600. The predicted molar refractivity (Wildman–Crippen MR) is 84.7 cm³/mol. The topological polar surface area (TPSA) is 29.3 Å². The number of aryl methyl sites for hydroxylation is 1. The normalized spacial score (nSPS) is 12.4. The van der Waals surface area contributed by atoms with Crippen LogP contribution in [0.15, 0.2) is 24.3 Å². The van der Waals surface area contributed by atoms with Crippen molar-refractivity contribution in [1.29, 1.82) is 0 Å². The summed E-state index contributed by atoms with van der Waals surface area (Å²) in [5.41, 5.74) is 8.55. The van der Waals surface area contributed by atoms with Gasteiger partial charge in [0.1, 0.15) is 0 Å². The first kappa shape index (κ1) is 15.4. The Kier molecular flexibility index (Phi) is 7.21. The largest absolute Gasteiger partial charge is 0.370 e. The Bertz CT molecular complexity index is 324. The average Bonchev–Trinajstić information content (AvgIpc) is 2.43. The number of nitrogens with two attached hydrogens (primary N) is 1. The van der Waals surface area contributed by atoms with E-state index >= 15 is 0 Å². The standard InChI is InChI=1S/C15H26N2S/c1-4-13-6-8-14(9-7-13)17(3)15(12-16)10-11-18-5-2/h6-9,15H,4-5,10-12,16H2,1-3H3. The molecule has 0 amide bonds.